The average Bonchev–Trinajstić information content (AvgIpc) is 2.75. The van der Waals surface area contributed by atoms with Gasteiger partial charge in [-0.1, -0.05) is 36.4 Å². The fourth-order valence-corrected chi connectivity index (χ4v) is 4.14. The molecule has 3 rings (SSSR count). The molecule has 5 nitrogen and oxygen atoms in total. The summed E-state index contributed by atoms with van der Waals surface area (Å²) in [5.41, 5.74) is 5.19. The number of nitrogens with zero attached hydrogens (tertiary/aromatic N) is 2. The van der Waals surface area contributed by atoms with Gasteiger partial charge >= 0.3 is 0 Å². The van der Waals surface area contributed by atoms with Gasteiger partial charge < -0.3 is 15.4 Å². The lowest BCUT2D eigenvalue weighted by Gasteiger charge is -2.26. The maximum absolute atomic E-state index is 5.44. The fourth-order valence-electron chi connectivity index (χ4n) is 3.44. The van der Waals surface area contributed by atoms with Gasteiger partial charge in [-0.25, -0.2) is 0 Å². The van der Waals surface area contributed by atoms with E-state index in [0.29, 0.717) is 0 Å². The van der Waals surface area contributed by atoms with E-state index in [2.05, 4.69) is 76.2 Å². The molecule has 1 aliphatic heterocycles. The minimum atomic E-state index is 0.750. The molecule has 156 valence electrons. The number of guanidine groups is 1. The molecule has 29 heavy (non-hydrogen) atoms. The number of nitrogens with one attached hydrogen (secondary N) is 2. The Labute approximate surface area is 178 Å². The predicted octanol–water partition coefficient (Wildman–Crippen LogP) is 3.41. The van der Waals surface area contributed by atoms with Crippen molar-refractivity contribution >= 4 is 17.7 Å². The highest BCUT2D eigenvalue weighted by Crippen LogP contribution is 2.21. The zero-order chi connectivity index (χ0) is 20.5. The van der Waals surface area contributed by atoms with Crippen LogP contribution in [0.15, 0.2) is 52.4 Å². The van der Waals surface area contributed by atoms with Gasteiger partial charge in [0.25, 0.3) is 0 Å². The number of aryl methyl sites for hydroxylation is 1. The van der Waals surface area contributed by atoms with Crippen LogP contribution in [0.2, 0.25) is 0 Å². The van der Waals surface area contributed by atoms with E-state index in [4.69, 9.17) is 4.74 Å². The SMILES string of the molecule is CN=C(NCc1cccc(CN2CCOCC2)c1)NCc1ccc(C)cc1SC. The minimum Gasteiger partial charge on any atom is -0.379 e. The number of aliphatic imine (C=N–C) groups is 1. The van der Waals surface area contributed by atoms with Crippen LogP contribution in [-0.4, -0.2) is 50.5 Å². The lowest BCUT2D eigenvalue weighted by Crippen LogP contribution is -2.36. The van der Waals surface area contributed by atoms with Gasteiger partial charge in [-0.05, 0) is 41.5 Å². The van der Waals surface area contributed by atoms with E-state index in [-0.39, 0.29) is 0 Å². The quantitative estimate of drug-likeness (QED) is 0.415. The Morgan fingerprint density at radius 2 is 1.83 bits per heavy atom. The molecule has 0 amide bonds. The maximum Gasteiger partial charge on any atom is 0.191 e. The maximum atomic E-state index is 5.44. The van der Waals surface area contributed by atoms with Crippen molar-refractivity contribution in [1.29, 1.82) is 0 Å². The van der Waals surface area contributed by atoms with Crippen LogP contribution >= 0.6 is 11.8 Å². The smallest absolute Gasteiger partial charge is 0.191 e. The molecule has 2 N–H and O–H groups in total. The van der Waals surface area contributed by atoms with Crippen LogP contribution in [0, 0.1) is 6.92 Å². The van der Waals surface area contributed by atoms with E-state index in [1.165, 1.54) is 27.1 Å². The van der Waals surface area contributed by atoms with E-state index < -0.39 is 0 Å². The lowest BCUT2D eigenvalue weighted by molar-refractivity contribution is 0.0342. The number of rotatable bonds is 7. The molecule has 0 bridgehead atoms. The van der Waals surface area contributed by atoms with E-state index in [1.54, 1.807) is 11.8 Å². The monoisotopic (exact) mass is 412 g/mol. The Hall–Kier alpha value is -2.02. The molecule has 1 aliphatic rings. The molecule has 0 saturated carbocycles. The van der Waals surface area contributed by atoms with Crippen LogP contribution in [0.5, 0.6) is 0 Å². The van der Waals surface area contributed by atoms with Gasteiger partial charge in [0.1, 0.15) is 0 Å². The van der Waals surface area contributed by atoms with Crippen LogP contribution in [0.25, 0.3) is 0 Å². The molecular weight excluding hydrogens is 380 g/mol. The Morgan fingerprint density at radius 1 is 1.07 bits per heavy atom. The number of thioether (sulfide) groups is 1. The molecule has 1 saturated heterocycles. The van der Waals surface area contributed by atoms with E-state index >= 15 is 0 Å². The van der Waals surface area contributed by atoms with Crippen LogP contribution in [0.1, 0.15) is 22.3 Å². The summed E-state index contributed by atoms with van der Waals surface area (Å²) in [4.78, 5) is 8.13. The summed E-state index contributed by atoms with van der Waals surface area (Å²) >= 11 is 1.78. The minimum absolute atomic E-state index is 0.750. The van der Waals surface area contributed by atoms with Crippen molar-refractivity contribution in [2.24, 2.45) is 4.99 Å². The summed E-state index contributed by atoms with van der Waals surface area (Å²) in [5.74, 6) is 0.816. The summed E-state index contributed by atoms with van der Waals surface area (Å²) in [6.45, 7) is 8.31. The first-order chi connectivity index (χ1) is 14.2. The molecule has 0 aromatic heterocycles. The Kier molecular flexibility index (Phi) is 8.40. The number of ether oxygens (including phenoxy) is 1. The Bertz CT molecular complexity index is 818. The fraction of sp³-hybridized carbons (Fsp3) is 0.435. The van der Waals surface area contributed by atoms with Crippen LogP contribution in [0.3, 0.4) is 0 Å². The zero-order valence-electron chi connectivity index (χ0n) is 17.7. The first-order valence-corrected chi connectivity index (χ1v) is 11.4. The molecule has 0 radical (unpaired) electrons. The molecular formula is C23H32N4OS. The second-order valence-corrected chi connectivity index (χ2v) is 8.15. The molecule has 0 spiro atoms. The van der Waals surface area contributed by atoms with Gasteiger partial charge in [-0.2, -0.15) is 0 Å². The van der Waals surface area contributed by atoms with Gasteiger partial charge in [0.2, 0.25) is 0 Å². The second kappa shape index (κ2) is 11.2. The molecule has 0 aliphatic carbocycles. The lowest BCUT2D eigenvalue weighted by atomic mass is 10.1. The van der Waals surface area contributed by atoms with Gasteiger partial charge in [-0.3, -0.25) is 9.89 Å². The van der Waals surface area contributed by atoms with Gasteiger partial charge in [0.05, 0.1) is 13.2 Å². The van der Waals surface area contributed by atoms with Gasteiger partial charge in [0.15, 0.2) is 5.96 Å². The van der Waals surface area contributed by atoms with Crippen molar-refractivity contribution in [3.8, 4) is 0 Å². The normalized spacial score (nSPS) is 15.3. The van der Waals surface area contributed by atoms with Crippen LogP contribution in [-0.2, 0) is 24.4 Å². The molecule has 1 fully saturated rings. The highest BCUT2D eigenvalue weighted by atomic mass is 32.2. The first kappa shape index (κ1) is 21.7. The molecule has 2 aromatic carbocycles. The number of benzene rings is 2. The molecule has 0 atom stereocenters. The zero-order valence-corrected chi connectivity index (χ0v) is 18.5. The Morgan fingerprint density at radius 3 is 2.59 bits per heavy atom. The van der Waals surface area contributed by atoms with Gasteiger partial charge in [-0.15, -0.1) is 11.8 Å². The first-order valence-electron chi connectivity index (χ1n) is 10.1. The van der Waals surface area contributed by atoms with Crippen molar-refractivity contribution < 1.29 is 4.74 Å². The van der Waals surface area contributed by atoms with E-state index in [1.807, 2.05) is 7.05 Å². The largest absolute Gasteiger partial charge is 0.379 e. The summed E-state index contributed by atoms with van der Waals surface area (Å²) in [6.07, 6.45) is 2.12. The second-order valence-electron chi connectivity index (χ2n) is 7.30. The summed E-state index contributed by atoms with van der Waals surface area (Å²) in [7, 11) is 1.81. The molecule has 1 heterocycles. The molecule has 0 unspecified atom stereocenters. The van der Waals surface area contributed by atoms with Crippen molar-refractivity contribution in [2.45, 2.75) is 31.5 Å². The van der Waals surface area contributed by atoms with Gasteiger partial charge in [0, 0.05) is 44.7 Å². The number of morpholine rings is 1. The van der Waals surface area contributed by atoms with E-state index in [9.17, 15) is 0 Å². The van der Waals surface area contributed by atoms with Crippen LogP contribution in [0.4, 0.5) is 0 Å². The summed E-state index contributed by atoms with van der Waals surface area (Å²) < 4.78 is 5.44. The summed E-state index contributed by atoms with van der Waals surface area (Å²) in [6, 6.07) is 15.4. The topological polar surface area (TPSA) is 48.9 Å². The summed E-state index contributed by atoms with van der Waals surface area (Å²) in [5, 5.41) is 6.87. The standard InChI is InChI=1S/C23H32N4OS/c1-18-7-8-21(22(13-18)29-3)16-26-23(24-2)25-15-19-5-4-6-20(14-19)17-27-9-11-28-12-10-27/h4-8,13-14H,9-12,15-17H2,1-3H3,(H2,24,25,26). The number of hydrogen-bond donors (Lipinski definition) is 2. The van der Waals surface area contributed by atoms with Crippen molar-refractivity contribution in [1.82, 2.24) is 15.5 Å². The van der Waals surface area contributed by atoms with Crippen molar-refractivity contribution in [3.05, 3.63) is 64.7 Å². The predicted molar refractivity (Wildman–Crippen MR) is 123 cm³/mol. The molecule has 2 aromatic rings. The highest BCUT2D eigenvalue weighted by molar-refractivity contribution is 7.98. The third kappa shape index (κ3) is 6.77. The molecule has 6 heteroatoms. The highest BCUT2D eigenvalue weighted by Gasteiger charge is 2.11. The Balaban J connectivity index is 1.52. The van der Waals surface area contributed by atoms with Crippen LogP contribution < -0.4 is 10.6 Å². The number of hydrogen-bond acceptors (Lipinski definition) is 4. The third-order valence-corrected chi connectivity index (χ3v) is 5.89. The third-order valence-electron chi connectivity index (χ3n) is 5.07. The van der Waals surface area contributed by atoms with E-state index in [0.717, 1.165) is 51.9 Å². The van der Waals surface area contributed by atoms with Crippen molar-refractivity contribution in [2.75, 3.05) is 39.6 Å². The average molecular weight is 413 g/mol. The van der Waals surface area contributed by atoms with Crippen molar-refractivity contribution in [3.63, 3.8) is 0 Å².